The molecule has 5 rings (SSSR count). The Hall–Kier alpha value is -2.36. The quantitative estimate of drug-likeness (QED) is 0.383. The fourth-order valence-corrected chi connectivity index (χ4v) is 6.38. The first-order valence-corrected chi connectivity index (χ1v) is 12.0. The Morgan fingerprint density at radius 1 is 1.21 bits per heavy atom. The summed E-state index contributed by atoms with van der Waals surface area (Å²) >= 11 is 5.01. The van der Waals surface area contributed by atoms with E-state index in [1.54, 1.807) is 34.4 Å². The number of rotatable bonds is 4. The van der Waals surface area contributed by atoms with Gasteiger partial charge >= 0.3 is 0 Å². The van der Waals surface area contributed by atoms with Crippen molar-refractivity contribution in [3.63, 3.8) is 0 Å². The fraction of sp³-hybridized carbons (Fsp3) is 0.250. The summed E-state index contributed by atoms with van der Waals surface area (Å²) in [6.07, 6.45) is 3.88. The monoisotopic (exact) mass is 441 g/mol. The molecule has 0 fully saturated rings. The standard InChI is InChI=1S/C20H19N5OS3/c1-11-5-6-12(2)25(11)20-22-13(10-28-20)9-24-19(26)17-14(8-21-24)18-15(23(17)3)7-16(27-4)29-18/h5-8,10H,9H2,1-4H3. The zero-order valence-corrected chi connectivity index (χ0v) is 18.9. The first-order chi connectivity index (χ1) is 14.0. The Morgan fingerprint density at radius 2 is 1.97 bits per heavy atom. The van der Waals surface area contributed by atoms with E-state index < -0.39 is 0 Å². The number of hydrogen-bond donors (Lipinski definition) is 0. The summed E-state index contributed by atoms with van der Waals surface area (Å²) < 4.78 is 7.98. The molecule has 0 radical (unpaired) electrons. The summed E-state index contributed by atoms with van der Waals surface area (Å²) in [7, 11) is 1.95. The summed E-state index contributed by atoms with van der Waals surface area (Å²) in [5, 5.41) is 8.29. The van der Waals surface area contributed by atoms with Gasteiger partial charge in [-0.05, 0) is 38.3 Å². The second-order valence-corrected chi connectivity index (χ2v) is 9.98. The molecule has 0 saturated carbocycles. The van der Waals surface area contributed by atoms with Gasteiger partial charge < -0.3 is 4.57 Å². The van der Waals surface area contributed by atoms with Crippen LogP contribution in [0.2, 0.25) is 0 Å². The van der Waals surface area contributed by atoms with Gasteiger partial charge in [0.25, 0.3) is 5.56 Å². The maximum atomic E-state index is 13.2. The van der Waals surface area contributed by atoms with E-state index in [0.29, 0.717) is 12.1 Å². The smallest absolute Gasteiger partial charge is 0.291 e. The van der Waals surface area contributed by atoms with E-state index in [-0.39, 0.29) is 5.56 Å². The molecule has 0 bridgehead atoms. The van der Waals surface area contributed by atoms with Crippen molar-refractivity contribution in [2.24, 2.45) is 7.05 Å². The molecule has 9 heteroatoms. The molecule has 0 unspecified atom stereocenters. The van der Waals surface area contributed by atoms with Crippen LogP contribution in [0.1, 0.15) is 17.1 Å². The van der Waals surface area contributed by atoms with Crippen LogP contribution in [0.3, 0.4) is 0 Å². The molecule has 0 N–H and O–H groups in total. The van der Waals surface area contributed by atoms with Gasteiger partial charge in [0.05, 0.1) is 32.9 Å². The van der Waals surface area contributed by atoms with E-state index in [2.05, 4.69) is 48.0 Å². The molecule has 5 aromatic rings. The second-order valence-electron chi connectivity index (χ2n) is 6.99. The molecule has 0 amide bonds. The SMILES string of the molecule is CSc1cc2c(s1)c1cnn(Cc3csc(-n4c(C)ccc4C)n3)c(=O)c1n2C. The van der Waals surface area contributed by atoms with Gasteiger partial charge in [-0.15, -0.1) is 34.4 Å². The lowest BCUT2D eigenvalue weighted by molar-refractivity contribution is 0.634. The molecular formula is C20H19N5OS3. The average Bonchev–Trinajstić information content (AvgIpc) is 3.44. The van der Waals surface area contributed by atoms with E-state index in [1.807, 2.05) is 23.2 Å². The van der Waals surface area contributed by atoms with Crippen molar-refractivity contribution < 1.29 is 0 Å². The lowest BCUT2D eigenvalue weighted by atomic mass is 10.3. The Labute approximate surface area is 179 Å². The normalized spacial score (nSPS) is 11.9. The maximum absolute atomic E-state index is 13.2. The fourth-order valence-electron chi connectivity index (χ4n) is 3.70. The molecule has 6 nitrogen and oxygen atoms in total. The number of fused-ring (bicyclic) bond motifs is 3. The van der Waals surface area contributed by atoms with Crippen LogP contribution >= 0.6 is 34.4 Å². The molecule has 5 heterocycles. The Balaban J connectivity index is 1.56. The van der Waals surface area contributed by atoms with Crippen LogP contribution in [-0.4, -0.2) is 30.2 Å². The second kappa shape index (κ2) is 6.86. The number of aryl methyl sites for hydroxylation is 3. The van der Waals surface area contributed by atoms with Gasteiger partial charge in [-0.25, -0.2) is 9.67 Å². The van der Waals surface area contributed by atoms with Crippen LogP contribution in [0.15, 0.2) is 38.8 Å². The number of thiazole rings is 1. The van der Waals surface area contributed by atoms with Crippen LogP contribution in [0, 0.1) is 13.8 Å². The van der Waals surface area contributed by atoms with E-state index >= 15 is 0 Å². The van der Waals surface area contributed by atoms with E-state index in [1.165, 1.54) is 8.89 Å². The number of thioether (sulfide) groups is 1. The zero-order valence-electron chi connectivity index (χ0n) is 16.5. The first kappa shape index (κ1) is 18.7. The Bertz CT molecular complexity index is 1410. The van der Waals surface area contributed by atoms with Gasteiger partial charge in [0.2, 0.25) is 0 Å². The molecule has 0 aliphatic rings. The molecule has 0 aromatic carbocycles. The average molecular weight is 442 g/mol. The van der Waals surface area contributed by atoms with Crippen LogP contribution < -0.4 is 5.56 Å². The van der Waals surface area contributed by atoms with E-state index in [9.17, 15) is 4.79 Å². The number of hydrogen-bond acceptors (Lipinski definition) is 6. The molecule has 29 heavy (non-hydrogen) atoms. The number of nitrogens with zero attached hydrogens (tertiary/aromatic N) is 5. The van der Waals surface area contributed by atoms with Crippen molar-refractivity contribution in [1.82, 2.24) is 23.9 Å². The van der Waals surface area contributed by atoms with E-state index in [4.69, 9.17) is 4.98 Å². The predicted octanol–water partition coefficient (Wildman–Crippen LogP) is 4.58. The highest BCUT2D eigenvalue weighted by Gasteiger charge is 2.17. The van der Waals surface area contributed by atoms with Crippen LogP contribution in [0.25, 0.3) is 26.3 Å². The molecule has 0 atom stereocenters. The summed E-state index contributed by atoms with van der Waals surface area (Å²) in [5.74, 6) is 0. The third kappa shape index (κ3) is 2.87. The predicted molar refractivity (Wildman–Crippen MR) is 122 cm³/mol. The van der Waals surface area contributed by atoms with Crippen LogP contribution in [-0.2, 0) is 13.6 Å². The molecule has 5 aromatic heterocycles. The maximum Gasteiger partial charge on any atom is 0.291 e. The minimum Gasteiger partial charge on any atom is -0.338 e. The first-order valence-electron chi connectivity index (χ1n) is 9.09. The lowest BCUT2D eigenvalue weighted by Gasteiger charge is -2.05. The van der Waals surface area contributed by atoms with Crippen LogP contribution in [0.4, 0.5) is 0 Å². The Kier molecular flexibility index (Phi) is 4.41. The van der Waals surface area contributed by atoms with Gasteiger partial charge in [0, 0.05) is 29.2 Å². The third-order valence-corrected chi connectivity index (χ3v) is 8.26. The summed E-state index contributed by atoms with van der Waals surface area (Å²) in [4.78, 5) is 17.9. The van der Waals surface area contributed by atoms with Gasteiger partial charge in [-0.1, -0.05) is 0 Å². The van der Waals surface area contributed by atoms with Gasteiger partial charge in [0.15, 0.2) is 5.13 Å². The topological polar surface area (TPSA) is 57.6 Å². The molecule has 0 spiro atoms. The molecule has 0 aliphatic carbocycles. The molecule has 148 valence electrons. The van der Waals surface area contributed by atoms with Crippen molar-refractivity contribution in [3.05, 3.63) is 57.2 Å². The minimum atomic E-state index is -0.0815. The Morgan fingerprint density at radius 3 is 2.69 bits per heavy atom. The summed E-state index contributed by atoms with van der Waals surface area (Å²) in [6, 6.07) is 6.31. The lowest BCUT2D eigenvalue weighted by Crippen LogP contribution is -2.24. The highest BCUT2D eigenvalue weighted by atomic mass is 32.2. The van der Waals surface area contributed by atoms with Gasteiger partial charge in [0.1, 0.15) is 5.52 Å². The number of thiophene rings is 1. The molecular weight excluding hydrogens is 422 g/mol. The molecule has 0 saturated heterocycles. The highest BCUT2D eigenvalue weighted by Crippen LogP contribution is 2.37. The van der Waals surface area contributed by atoms with Crippen molar-refractivity contribution in [2.75, 3.05) is 6.26 Å². The molecule has 0 aliphatic heterocycles. The zero-order chi connectivity index (χ0) is 20.3. The number of aromatic nitrogens is 5. The summed E-state index contributed by atoms with van der Waals surface area (Å²) in [5.41, 5.74) is 4.83. The van der Waals surface area contributed by atoms with Gasteiger partial charge in [-0.3, -0.25) is 9.36 Å². The van der Waals surface area contributed by atoms with Crippen LogP contribution in [0.5, 0.6) is 0 Å². The van der Waals surface area contributed by atoms with Gasteiger partial charge in [-0.2, -0.15) is 5.10 Å². The third-order valence-electron chi connectivity index (χ3n) is 5.16. The minimum absolute atomic E-state index is 0.0815. The van der Waals surface area contributed by atoms with Crippen molar-refractivity contribution >= 4 is 55.6 Å². The van der Waals surface area contributed by atoms with Crippen molar-refractivity contribution in [3.8, 4) is 5.13 Å². The largest absolute Gasteiger partial charge is 0.338 e. The van der Waals surface area contributed by atoms with Crippen molar-refractivity contribution in [2.45, 2.75) is 24.6 Å². The van der Waals surface area contributed by atoms with Crippen molar-refractivity contribution in [1.29, 1.82) is 0 Å². The van der Waals surface area contributed by atoms with E-state index in [0.717, 1.165) is 37.8 Å². The highest BCUT2D eigenvalue weighted by molar-refractivity contribution is 8.00. The summed E-state index contributed by atoms with van der Waals surface area (Å²) in [6.45, 7) is 4.49.